The summed E-state index contributed by atoms with van der Waals surface area (Å²) in [5.74, 6) is -1.54. The predicted molar refractivity (Wildman–Crippen MR) is 78.6 cm³/mol. The number of rotatable bonds is 2. The van der Waals surface area contributed by atoms with Gasteiger partial charge in [0.05, 0.1) is 0 Å². The summed E-state index contributed by atoms with van der Waals surface area (Å²) >= 11 is 0. The Morgan fingerprint density at radius 1 is 0.905 bits per heavy atom. The van der Waals surface area contributed by atoms with Gasteiger partial charge in [0.15, 0.2) is 11.6 Å². The van der Waals surface area contributed by atoms with Gasteiger partial charge in [0, 0.05) is 23.7 Å². The number of anilines is 1. The highest BCUT2D eigenvalue weighted by Gasteiger charge is 2.40. The Morgan fingerprint density at radius 3 is 2.00 bits per heavy atom. The van der Waals surface area contributed by atoms with Gasteiger partial charge in [-0.05, 0) is 11.6 Å². The first-order valence-electron chi connectivity index (χ1n) is 6.63. The molecule has 0 aromatic heterocycles. The third kappa shape index (κ3) is 2.14. The van der Waals surface area contributed by atoms with Crippen molar-refractivity contribution in [2.45, 2.75) is 12.8 Å². The molecule has 0 aliphatic heterocycles. The fourth-order valence-electron chi connectivity index (χ4n) is 2.68. The second kappa shape index (κ2) is 4.98. The summed E-state index contributed by atoms with van der Waals surface area (Å²) in [6.07, 6.45) is 0. The van der Waals surface area contributed by atoms with E-state index in [1.54, 1.807) is 48.5 Å². The first-order valence-corrected chi connectivity index (χ1v) is 6.63. The maximum absolute atomic E-state index is 12.5. The van der Waals surface area contributed by atoms with E-state index in [9.17, 15) is 14.4 Å². The number of hydrogen-bond donors (Lipinski definition) is 1. The van der Waals surface area contributed by atoms with Crippen LogP contribution in [-0.2, 0) is 4.79 Å². The van der Waals surface area contributed by atoms with Gasteiger partial charge < -0.3 is 5.32 Å². The molecular formula is C17H13NO3. The zero-order chi connectivity index (χ0) is 15.0. The third-order valence-corrected chi connectivity index (χ3v) is 3.56. The maximum atomic E-state index is 12.5. The summed E-state index contributed by atoms with van der Waals surface area (Å²) in [6, 6.07) is 13.7. The van der Waals surface area contributed by atoms with Crippen molar-refractivity contribution in [3.05, 3.63) is 65.2 Å². The van der Waals surface area contributed by atoms with Crippen molar-refractivity contribution in [2.24, 2.45) is 0 Å². The van der Waals surface area contributed by atoms with E-state index >= 15 is 0 Å². The van der Waals surface area contributed by atoms with Gasteiger partial charge in [-0.1, -0.05) is 42.5 Å². The van der Waals surface area contributed by atoms with Crippen LogP contribution in [0.1, 0.15) is 39.1 Å². The molecule has 0 heterocycles. The minimum atomic E-state index is -0.870. The van der Waals surface area contributed by atoms with Crippen LogP contribution in [0.25, 0.3) is 0 Å². The second-order valence-electron chi connectivity index (χ2n) is 4.98. The standard InChI is InChI=1S/C17H13NO3/c1-10(19)18-14-9-5-4-8-13(14)15-16(20)11-6-2-3-7-12(11)17(15)21/h2-9,15H,1H3,(H,18,19). The van der Waals surface area contributed by atoms with Gasteiger partial charge in [-0.15, -0.1) is 0 Å². The monoisotopic (exact) mass is 279 g/mol. The molecule has 0 radical (unpaired) electrons. The molecule has 3 rings (SSSR count). The van der Waals surface area contributed by atoms with Gasteiger partial charge in [-0.25, -0.2) is 0 Å². The minimum Gasteiger partial charge on any atom is -0.326 e. The highest BCUT2D eigenvalue weighted by atomic mass is 16.2. The molecule has 21 heavy (non-hydrogen) atoms. The van der Waals surface area contributed by atoms with Crippen molar-refractivity contribution >= 4 is 23.2 Å². The highest BCUT2D eigenvalue weighted by molar-refractivity contribution is 6.30. The van der Waals surface area contributed by atoms with Crippen LogP contribution in [0.15, 0.2) is 48.5 Å². The largest absolute Gasteiger partial charge is 0.326 e. The van der Waals surface area contributed by atoms with E-state index in [0.29, 0.717) is 22.4 Å². The van der Waals surface area contributed by atoms with Crippen LogP contribution in [-0.4, -0.2) is 17.5 Å². The molecule has 1 aliphatic rings. The van der Waals surface area contributed by atoms with Gasteiger partial charge in [-0.2, -0.15) is 0 Å². The molecule has 0 unspecified atom stereocenters. The van der Waals surface area contributed by atoms with Crippen LogP contribution >= 0.6 is 0 Å². The fourth-order valence-corrected chi connectivity index (χ4v) is 2.68. The minimum absolute atomic E-state index is 0.214. The van der Waals surface area contributed by atoms with Crippen molar-refractivity contribution < 1.29 is 14.4 Å². The molecule has 0 spiro atoms. The zero-order valence-corrected chi connectivity index (χ0v) is 11.4. The first kappa shape index (κ1) is 13.2. The quantitative estimate of drug-likeness (QED) is 0.860. The van der Waals surface area contributed by atoms with Crippen LogP contribution < -0.4 is 5.32 Å². The van der Waals surface area contributed by atoms with E-state index in [1.807, 2.05) is 0 Å². The lowest BCUT2D eigenvalue weighted by molar-refractivity contribution is -0.114. The molecule has 104 valence electrons. The molecule has 0 saturated heterocycles. The SMILES string of the molecule is CC(=O)Nc1ccccc1C1C(=O)c2ccccc2C1=O. The Bertz CT molecular complexity index is 729. The van der Waals surface area contributed by atoms with Gasteiger partial charge in [0.25, 0.3) is 0 Å². The molecule has 1 amide bonds. The first-order chi connectivity index (χ1) is 10.1. The third-order valence-electron chi connectivity index (χ3n) is 3.56. The molecular weight excluding hydrogens is 266 g/mol. The Morgan fingerprint density at radius 2 is 1.43 bits per heavy atom. The van der Waals surface area contributed by atoms with Crippen LogP contribution in [0, 0.1) is 0 Å². The molecule has 0 saturated carbocycles. The zero-order valence-electron chi connectivity index (χ0n) is 11.4. The number of ketones is 2. The molecule has 2 aromatic carbocycles. The molecule has 4 heteroatoms. The van der Waals surface area contributed by atoms with E-state index < -0.39 is 5.92 Å². The number of carbonyl (C=O) groups excluding carboxylic acids is 3. The van der Waals surface area contributed by atoms with Crippen LogP contribution in [0.2, 0.25) is 0 Å². The summed E-state index contributed by atoms with van der Waals surface area (Å²) in [7, 11) is 0. The fraction of sp³-hybridized carbons (Fsp3) is 0.118. The highest BCUT2D eigenvalue weighted by Crippen LogP contribution is 2.36. The van der Waals surface area contributed by atoms with Gasteiger partial charge in [0.1, 0.15) is 5.92 Å². The van der Waals surface area contributed by atoms with Gasteiger partial charge in [0.2, 0.25) is 5.91 Å². The van der Waals surface area contributed by atoms with Crippen LogP contribution in [0.4, 0.5) is 5.69 Å². The molecule has 0 fully saturated rings. The van der Waals surface area contributed by atoms with E-state index in [-0.39, 0.29) is 17.5 Å². The van der Waals surface area contributed by atoms with Crippen molar-refractivity contribution in [3.8, 4) is 0 Å². The summed E-state index contributed by atoms with van der Waals surface area (Å²) < 4.78 is 0. The Kier molecular flexibility index (Phi) is 3.14. The van der Waals surface area contributed by atoms with Gasteiger partial charge >= 0.3 is 0 Å². The second-order valence-corrected chi connectivity index (χ2v) is 4.98. The number of amides is 1. The smallest absolute Gasteiger partial charge is 0.221 e. The topological polar surface area (TPSA) is 63.2 Å². The van der Waals surface area contributed by atoms with E-state index in [0.717, 1.165) is 0 Å². The normalized spacial score (nSPS) is 14.1. The lowest BCUT2D eigenvalue weighted by Crippen LogP contribution is -2.16. The lowest BCUT2D eigenvalue weighted by Gasteiger charge is -2.13. The van der Waals surface area contributed by atoms with Crippen molar-refractivity contribution in [3.63, 3.8) is 0 Å². The summed E-state index contributed by atoms with van der Waals surface area (Å²) in [4.78, 5) is 36.3. The number of hydrogen-bond acceptors (Lipinski definition) is 3. The number of fused-ring (bicyclic) bond motifs is 1. The van der Waals surface area contributed by atoms with Crippen LogP contribution in [0.3, 0.4) is 0 Å². The van der Waals surface area contributed by atoms with Crippen molar-refractivity contribution in [2.75, 3.05) is 5.32 Å². The molecule has 1 N–H and O–H groups in total. The number of Topliss-reactive ketones (excluding diaryl/α,β-unsaturated/α-hetero) is 2. The lowest BCUT2D eigenvalue weighted by atomic mass is 9.92. The Labute approximate surface area is 121 Å². The molecule has 0 bridgehead atoms. The Balaban J connectivity index is 2.09. The van der Waals surface area contributed by atoms with Crippen molar-refractivity contribution in [1.82, 2.24) is 0 Å². The van der Waals surface area contributed by atoms with E-state index in [4.69, 9.17) is 0 Å². The molecule has 2 aromatic rings. The number of nitrogens with one attached hydrogen (secondary N) is 1. The number of para-hydroxylation sites is 1. The van der Waals surface area contributed by atoms with Gasteiger partial charge in [-0.3, -0.25) is 14.4 Å². The Hall–Kier alpha value is -2.75. The molecule has 4 nitrogen and oxygen atoms in total. The van der Waals surface area contributed by atoms with E-state index in [1.165, 1.54) is 6.92 Å². The number of benzene rings is 2. The average molecular weight is 279 g/mol. The van der Waals surface area contributed by atoms with E-state index in [2.05, 4.69) is 5.32 Å². The summed E-state index contributed by atoms with van der Waals surface area (Å²) in [5, 5.41) is 2.67. The van der Waals surface area contributed by atoms with Crippen molar-refractivity contribution in [1.29, 1.82) is 0 Å². The molecule has 0 atom stereocenters. The average Bonchev–Trinajstić information content (AvgIpc) is 2.72. The summed E-state index contributed by atoms with van der Waals surface area (Å²) in [5.41, 5.74) is 1.94. The number of carbonyl (C=O) groups is 3. The predicted octanol–water partition coefficient (Wildman–Crippen LogP) is 2.81. The summed E-state index contributed by atoms with van der Waals surface area (Å²) in [6.45, 7) is 1.39. The molecule has 1 aliphatic carbocycles. The van der Waals surface area contributed by atoms with Crippen LogP contribution in [0.5, 0.6) is 0 Å². The maximum Gasteiger partial charge on any atom is 0.221 e.